The highest BCUT2D eigenvalue weighted by Crippen LogP contribution is 2.38. The fourth-order valence-corrected chi connectivity index (χ4v) is 6.81. The molecule has 238 valence electrons. The second-order valence-corrected chi connectivity index (χ2v) is 11.8. The maximum atomic E-state index is 9.15. The highest BCUT2D eigenvalue weighted by Gasteiger charge is 2.21. The van der Waals surface area contributed by atoms with Gasteiger partial charge in [-0.15, -0.1) is 0 Å². The van der Waals surface area contributed by atoms with E-state index in [1.165, 1.54) is 21.3 Å². The van der Waals surface area contributed by atoms with Crippen LogP contribution in [0.2, 0.25) is 0 Å². The molecule has 0 spiro atoms. The first-order valence-electron chi connectivity index (χ1n) is 22.9. The topological polar surface area (TPSA) is 61.7 Å². The summed E-state index contributed by atoms with van der Waals surface area (Å²) in [5.41, 5.74) is 1.76. The van der Waals surface area contributed by atoms with Gasteiger partial charge in [0.1, 0.15) is 11.2 Å². The van der Waals surface area contributed by atoms with Crippen LogP contribution in [0.1, 0.15) is 19.2 Å². The summed E-state index contributed by atoms with van der Waals surface area (Å²) in [4.78, 5) is 14.8. The minimum Gasteiger partial charge on any atom is -0.456 e. The van der Waals surface area contributed by atoms with E-state index in [1.54, 1.807) is 36.4 Å². The summed E-state index contributed by atoms with van der Waals surface area (Å²) in [6.07, 6.45) is 0. The molecular formula is C45H27N5O. The van der Waals surface area contributed by atoms with E-state index in [-0.39, 0.29) is 109 Å². The number of fused-ring (bicyclic) bond motifs is 9. The summed E-state index contributed by atoms with van der Waals surface area (Å²) in [7, 11) is 0. The zero-order valence-corrected chi connectivity index (χ0v) is 26.1. The van der Waals surface area contributed by atoms with E-state index in [1.807, 2.05) is 30.3 Å². The van der Waals surface area contributed by atoms with E-state index >= 15 is 0 Å². The van der Waals surface area contributed by atoms with Crippen LogP contribution in [-0.4, -0.2) is 24.1 Å². The molecule has 0 aliphatic carbocycles. The van der Waals surface area contributed by atoms with Crippen LogP contribution in [-0.2, 0) is 0 Å². The van der Waals surface area contributed by atoms with Crippen molar-refractivity contribution in [2.75, 3.05) is 0 Å². The molecule has 11 aromatic rings. The monoisotopic (exact) mass is 667 g/mol. The van der Waals surface area contributed by atoms with Crippen molar-refractivity contribution in [1.82, 2.24) is 24.1 Å². The largest absolute Gasteiger partial charge is 0.456 e. The Bertz CT molecular complexity index is 3820. The van der Waals surface area contributed by atoms with Crippen molar-refractivity contribution in [1.29, 1.82) is 0 Å². The van der Waals surface area contributed by atoms with Crippen LogP contribution in [0.3, 0.4) is 0 Å². The van der Waals surface area contributed by atoms with Crippen LogP contribution >= 0.6 is 0 Å². The van der Waals surface area contributed by atoms with Crippen molar-refractivity contribution >= 4 is 65.6 Å². The lowest BCUT2D eigenvalue weighted by Crippen LogP contribution is -2.07. The molecule has 0 fully saturated rings. The number of nitrogens with zero attached hydrogens (tertiary/aromatic N) is 5. The maximum absolute atomic E-state index is 9.15. The van der Waals surface area contributed by atoms with Gasteiger partial charge in [-0.3, -0.25) is 4.57 Å². The Morgan fingerprint density at radius 1 is 0.451 bits per heavy atom. The first-order chi connectivity index (χ1) is 31.1. The number of aromatic nitrogens is 5. The molecule has 51 heavy (non-hydrogen) atoms. The summed E-state index contributed by atoms with van der Waals surface area (Å²) in [6.45, 7) is 0. The smallest absolute Gasteiger partial charge is 0.238 e. The van der Waals surface area contributed by atoms with Gasteiger partial charge in [-0.25, -0.2) is 4.98 Å². The van der Waals surface area contributed by atoms with Crippen LogP contribution in [0.4, 0.5) is 0 Å². The highest BCUT2D eigenvalue weighted by atomic mass is 16.3. The van der Waals surface area contributed by atoms with E-state index in [4.69, 9.17) is 38.6 Å². The molecule has 0 unspecified atom stereocenters. The molecule has 0 amide bonds. The molecule has 0 aliphatic rings. The molecule has 4 aromatic heterocycles. The number of furan rings is 1. The first-order valence-corrected chi connectivity index (χ1v) is 15.9. The minimum absolute atomic E-state index is 0.0167. The number of para-hydroxylation sites is 6. The predicted molar refractivity (Wildman–Crippen MR) is 207 cm³/mol. The molecule has 6 nitrogen and oxygen atoms in total. The van der Waals surface area contributed by atoms with Gasteiger partial charge in [0.25, 0.3) is 0 Å². The molecule has 0 atom stereocenters. The zero-order chi connectivity index (χ0) is 45.7. The van der Waals surface area contributed by atoms with Gasteiger partial charge in [-0.05, 0) is 54.5 Å². The van der Waals surface area contributed by atoms with Crippen molar-refractivity contribution in [2.24, 2.45) is 0 Å². The van der Waals surface area contributed by atoms with E-state index in [0.29, 0.717) is 16.7 Å². The zero-order valence-electron chi connectivity index (χ0n) is 40.1. The lowest BCUT2D eigenvalue weighted by molar-refractivity contribution is 0.669. The standard InChI is InChI=1S/C45H27N5O/c1-7-19-36-29(13-1)30-14-2-8-20-37(30)49(36)40-23-11-5-18-35(40)44-46-43(28-25-26-34-33-17-6-12-24-41(33)51-42(34)27-28)47-45(48-44)50-38-21-9-3-15-31(38)32-16-4-10-22-39(32)50/h1-27H/i1D,2D,3D,4D,9D,10D,13D,14D,15D,16D,19D,20D,21D,22D. The first kappa shape index (κ1) is 17.6. The molecule has 0 saturated heterocycles. The normalized spacial score (nSPS) is 15.8. The van der Waals surface area contributed by atoms with Crippen LogP contribution in [0.15, 0.2) is 168 Å². The summed E-state index contributed by atoms with van der Waals surface area (Å²) in [6, 6.07) is 15.6. The molecule has 11 rings (SSSR count). The SMILES string of the molecule is [2H]c1cc([2H])c2c(c1[2H])c1c([2H])c([2H])cc([2H])c1n2-c1ccccc1-c1nc(-c2ccc3c(c2)oc2ccccc23)nc(-n2c3c([2H])c([2H])c([2H])c([2H])c3c3c([2H])c([2H])c([2H])c([2H])c32)n1. The molecule has 4 heterocycles. The third-order valence-corrected chi connectivity index (χ3v) is 9.01. The Hall–Kier alpha value is -7.05. The Balaban J connectivity index is 1.30. The van der Waals surface area contributed by atoms with Gasteiger partial charge in [0, 0.05) is 43.4 Å². The van der Waals surface area contributed by atoms with Gasteiger partial charge in [-0.2, -0.15) is 9.97 Å². The summed E-state index contributed by atoms with van der Waals surface area (Å²) in [5, 5.41) is 1.37. The molecule has 7 aromatic carbocycles. The summed E-state index contributed by atoms with van der Waals surface area (Å²) in [5.74, 6) is -0.340. The molecule has 6 heteroatoms. The average molecular weight is 668 g/mol. The second-order valence-electron chi connectivity index (χ2n) is 11.8. The van der Waals surface area contributed by atoms with Crippen LogP contribution in [0.5, 0.6) is 0 Å². The predicted octanol–water partition coefficient (Wildman–Crippen LogP) is 11.3. The van der Waals surface area contributed by atoms with Crippen LogP contribution in [0, 0.1) is 0 Å². The second kappa shape index (κ2) is 10.7. The van der Waals surface area contributed by atoms with E-state index < -0.39 is 48.3 Å². The van der Waals surface area contributed by atoms with Gasteiger partial charge in [0.2, 0.25) is 5.95 Å². The van der Waals surface area contributed by atoms with Gasteiger partial charge < -0.3 is 8.98 Å². The number of hydrogen-bond donors (Lipinski definition) is 0. The highest BCUT2D eigenvalue weighted by molar-refractivity contribution is 6.10. The quantitative estimate of drug-likeness (QED) is 0.187. The van der Waals surface area contributed by atoms with Gasteiger partial charge >= 0.3 is 0 Å². The lowest BCUT2D eigenvalue weighted by Gasteiger charge is -2.15. The molecular weight excluding hydrogens is 627 g/mol. The number of rotatable bonds is 4. The number of benzene rings is 7. The fraction of sp³-hybridized carbons (Fsp3) is 0. The Morgan fingerprint density at radius 2 is 1.04 bits per heavy atom. The van der Waals surface area contributed by atoms with Crippen molar-refractivity contribution in [2.45, 2.75) is 0 Å². The van der Waals surface area contributed by atoms with Gasteiger partial charge in [0.05, 0.1) is 46.9 Å². The molecule has 0 aliphatic heterocycles. The van der Waals surface area contributed by atoms with E-state index in [0.717, 1.165) is 10.8 Å². The Labute approximate surface area is 311 Å². The average Bonchev–Trinajstić information content (AvgIpc) is 3.99. The summed E-state index contributed by atoms with van der Waals surface area (Å²) < 4.78 is 133. The third kappa shape index (κ3) is 4.14. The molecule has 0 saturated carbocycles. The van der Waals surface area contributed by atoms with Crippen molar-refractivity contribution < 1.29 is 23.6 Å². The van der Waals surface area contributed by atoms with E-state index in [9.17, 15) is 0 Å². The summed E-state index contributed by atoms with van der Waals surface area (Å²) >= 11 is 0. The van der Waals surface area contributed by atoms with Crippen molar-refractivity contribution in [3.63, 3.8) is 0 Å². The van der Waals surface area contributed by atoms with Crippen molar-refractivity contribution in [3.8, 4) is 34.4 Å². The Kier molecular flexibility index (Phi) is 3.69. The Morgan fingerprint density at radius 3 is 1.78 bits per heavy atom. The number of hydrogen-bond acceptors (Lipinski definition) is 4. The van der Waals surface area contributed by atoms with Crippen molar-refractivity contribution in [3.05, 3.63) is 163 Å². The van der Waals surface area contributed by atoms with Crippen LogP contribution < -0.4 is 0 Å². The lowest BCUT2D eigenvalue weighted by atomic mass is 10.1. The molecule has 0 radical (unpaired) electrons. The maximum Gasteiger partial charge on any atom is 0.238 e. The van der Waals surface area contributed by atoms with E-state index in [2.05, 4.69) is 0 Å². The molecule has 0 N–H and O–H groups in total. The van der Waals surface area contributed by atoms with Crippen LogP contribution in [0.25, 0.3) is 100.0 Å². The van der Waals surface area contributed by atoms with Gasteiger partial charge in [-0.1, -0.05) is 109 Å². The fourth-order valence-electron chi connectivity index (χ4n) is 6.81. The third-order valence-electron chi connectivity index (χ3n) is 9.01. The molecule has 0 bridgehead atoms. The van der Waals surface area contributed by atoms with Gasteiger partial charge in [0.15, 0.2) is 11.6 Å². The minimum atomic E-state index is -0.630.